The third-order valence-electron chi connectivity index (χ3n) is 4.50. The van der Waals surface area contributed by atoms with Crippen molar-refractivity contribution < 1.29 is 9.84 Å². The van der Waals surface area contributed by atoms with Crippen LogP contribution in [0.3, 0.4) is 0 Å². The summed E-state index contributed by atoms with van der Waals surface area (Å²) >= 11 is 0. The van der Waals surface area contributed by atoms with Gasteiger partial charge in [0.05, 0.1) is 6.04 Å². The Labute approximate surface area is 124 Å². The van der Waals surface area contributed by atoms with Gasteiger partial charge in [0.15, 0.2) is 0 Å². The van der Waals surface area contributed by atoms with E-state index in [-0.39, 0.29) is 11.8 Å². The number of benzene rings is 2. The second-order valence-corrected chi connectivity index (χ2v) is 5.88. The maximum absolute atomic E-state index is 9.53. The SMILES string of the molecule is Oc1ccc2c(c1)OCC2Nc1cccc2c1CCCC2. The van der Waals surface area contributed by atoms with Crippen LogP contribution in [0.4, 0.5) is 5.69 Å². The number of anilines is 1. The smallest absolute Gasteiger partial charge is 0.128 e. The Hall–Kier alpha value is -2.16. The number of hydrogen-bond donors (Lipinski definition) is 2. The van der Waals surface area contributed by atoms with Crippen molar-refractivity contribution in [2.75, 3.05) is 11.9 Å². The Balaban J connectivity index is 1.64. The minimum Gasteiger partial charge on any atom is -0.508 e. The van der Waals surface area contributed by atoms with Crippen molar-refractivity contribution in [2.24, 2.45) is 0 Å². The maximum atomic E-state index is 9.53. The molecule has 3 nitrogen and oxygen atoms in total. The number of ether oxygens (including phenoxy) is 1. The van der Waals surface area contributed by atoms with Gasteiger partial charge < -0.3 is 15.2 Å². The number of phenolic OH excluding ortho intramolecular Hbond substituents is 1. The molecule has 2 aromatic carbocycles. The lowest BCUT2D eigenvalue weighted by Crippen LogP contribution is -2.15. The number of fused-ring (bicyclic) bond motifs is 2. The highest BCUT2D eigenvalue weighted by atomic mass is 16.5. The van der Waals surface area contributed by atoms with E-state index in [2.05, 4.69) is 23.5 Å². The Morgan fingerprint density at radius 1 is 1.10 bits per heavy atom. The molecule has 4 rings (SSSR count). The fourth-order valence-electron chi connectivity index (χ4n) is 3.42. The average molecular weight is 281 g/mol. The van der Waals surface area contributed by atoms with Gasteiger partial charge >= 0.3 is 0 Å². The zero-order chi connectivity index (χ0) is 14.2. The number of phenols is 1. The molecule has 0 spiro atoms. The van der Waals surface area contributed by atoms with Crippen LogP contribution >= 0.6 is 0 Å². The summed E-state index contributed by atoms with van der Waals surface area (Å²) in [5.41, 5.74) is 5.31. The van der Waals surface area contributed by atoms with E-state index in [1.807, 2.05) is 6.07 Å². The summed E-state index contributed by atoms with van der Waals surface area (Å²) in [7, 11) is 0. The first-order chi connectivity index (χ1) is 10.3. The van der Waals surface area contributed by atoms with Gasteiger partial charge in [-0.2, -0.15) is 0 Å². The first-order valence-electron chi connectivity index (χ1n) is 7.64. The zero-order valence-electron chi connectivity index (χ0n) is 11.9. The first-order valence-corrected chi connectivity index (χ1v) is 7.64. The van der Waals surface area contributed by atoms with E-state index in [4.69, 9.17) is 4.74 Å². The molecule has 108 valence electrons. The van der Waals surface area contributed by atoms with Crippen LogP contribution in [0, 0.1) is 0 Å². The van der Waals surface area contributed by atoms with E-state index in [0.29, 0.717) is 6.61 Å². The summed E-state index contributed by atoms with van der Waals surface area (Å²) in [5, 5.41) is 13.2. The van der Waals surface area contributed by atoms with Gasteiger partial charge in [-0.3, -0.25) is 0 Å². The van der Waals surface area contributed by atoms with Crippen molar-refractivity contribution >= 4 is 5.69 Å². The average Bonchev–Trinajstić information content (AvgIpc) is 2.90. The summed E-state index contributed by atoms with van der Waals surface area (Å²) < 4.78 is 5.69. The predicted octanol–water partition coefficient (Wildman–Crippen LogP) is 3.82. The lowest BCUT2D eigenvalue weighted by atomic mass is 9.90. The largest absolute Gasteiger partial charge is 0.508 e. The van der Waals surface area contributed by atoms with Crippen LogP contribution < -0.4 is 10.1 Å². The molecule has 21 heavy (non-hydrogen) atoms. The highest BCUT2D eigenvalue weighted by Gasteiger charge is 2.25. The molecule has 3 heteroatoms. The fourth-order valence-corrected chi connectivity index (χ4v) is 3.42. The molecular formula is C18H19NO2. The van der Waals surface area contributed by atoms with Crippen LogP contribution in [0.2, 0.25) is 0 Å². The Morgan fingerprint density at radius 2 is 2.00 bits per heavy atom. The molecule has 2 N–H and O–H groups in total. The molecule has 1 unspecified atom stereocenters. The van der Waals surface area contributed by atoms with Crippen LogP contribution in [-0.4, -0.2) is 11.7 Å². The summed E-state index contributed by atoms with van der Waals surface area (Å²) in [5.74, 6) is 1.05. The monoisotopic (exact) mass is 281 g/mol. The molecule has 2 aromatic rings. The number of aromatic hydroxyl groups is 1. The highest BCUT2D eigenvalue weighted by molar-refractivity contribution is 5.58. The van der Waals surface area contributed by atoms with Gasteiger partial charge in [-0.15, -0.1) is 0 Å². The first kappa shape index (κ1) is 12.6. The van der Waals surface area contributed by atoms with Crippen LogP contribution in [0.15, 0.2) is 36.4 Å². The highest BCUT2D eigenvalue weighted by Crippen LogP contribution is 2.38. The standard InChI is InChI=1S/C18H19NO2/c20-13-8-9-15-17(11-21-18(15)10-13)19-16-7-3-5-12-4-1-2-6-14(12)16/h3,5,7-10,17,19-20H,1-2,4,6,11H2. The lowest BCUT2D eigenvalue weighted by molar-refractivity contribution is 0.338. The molecule has 0 amide bonds. The molecule has 0 aromatic heterocycles. The third-order valence-corrected chi connectivity index (χ3v) is 4.50. The van der Waals surface area contributed by atoms with Crippen molar-refractivity contribution in [2.45, 2.75) is 31.7 Å². The molecular weight excluding hydrogens is 262 g/mol. The molecule has 1 heterocycles. The van der Waals surface area contributed by atoms with Crippen molar-refractivity contribution in [1.82, 2.24) is 0 Å². The number of nitrogens with one attached hydrogen (secondary N) is 1. The lowest BCUT2D eigenvalue weighted by Gasteiger charge is -2.22. The van der Waals surface area contributed by atoms with Crippen LogP contribution in [0.1, 0.15) is 35.6 Å². The number of rotatable bonds is 2. The van der Waals surface area contributed by atoms with E-state index in [0.717, 1.165) is 17.7 Å². The van der Waals surface area contributed by atoms with E-state index >= 15 is 0 Å². The van der Waals surface area contributed by atoms with Gasteiger partial charge in [-0.25, -0.2) is 0 Å². The Morgan fingerprint density at radius 3 is 2.95 bits per heavy atom. The molecule has 1 aliphatic carbocycles. The van der Waals surface area contributed by atoms with Crippen molar-refractivity contribution in [3.63, 3.8) is 0 Å². The zero-order valence-corrected chi connectivity index (χ0v) is 11.9. The number of aryl methyl sites for hydroxylation is 1. The minimum absolute atomic E-state index is 0.161. The summed E-state index contributed by atoms with van der Waals surface area (Å²) in [4.78, 5) is 0. The molecule has 2 aliphatic rings. The topological polar surface area (TPSA) is 41.5 Å². The molecule has 0 fully saturated rings. The van der Waals surface area contributed by atoms with Crippen molar-refractivity contribution in [3.05, 3.63) is 53.1 Å². The normalized spacial score (nSPS) is 19.5. The van der Waals surface area contributed by atoms with Gasteiger partial charge in [0.1, 0.15) is 18.1 Å². The predicted molar refractivity (Wildman–Crippen MR) is 83.0 cm³/mol. The van der Waals surface area contributed by atoms with Gasteiger partial charge in [0.25, 0.3) is 0 Å². The molecule has 0 radical (unpaired) electrons. The third kappa shape index (κ3) is 2.23. The summed E-state index contributed by atoms with van der Waals surface area (Å²) in [6.07, 6.45) is 4.92. The number of hydrogen-bond acceptors (Lipinski definition) is 3. The molecule has 1 atom stereocenters. The fraction of sp³-hybridized carbons (Fsp3) is 0.333. The van der Waals surface area contributed by atoms with Gasteiger partial charge in [-0.1, -0.05) is 12.1 Å². The molecule has 0 bridgehead atoms. The second kappa shape index (κ2) is 4.99. The molecule has 0 saturated carbocycles. The van der Waals surface area contributed by atoms with Crippen LogP contribution in [0.25, 0.3) is 0 Å². The molecule has 1 aliphatic heterocycles. The summed E-state index contributed by atoms with van der Waals surface area (Å²) in [6, 6.07) is 12.1. The van der Waals surface area contributed by atoms with Gasteiger partial charge in [0.2, 0.25) is 0 Å². The van der Waals surface area contributed by atoms with Crippen molar-refractivity contribution in [3.8, 4) is 11.5 Å². The van der Waals surface area contributed by atoms with E-state index in [1.165, 1.54) is 36.1 Å². The Bertz CT molecular complexity index is 681. The van der Waals surface area contributed by atoms with E-state index in [1.54, 1.807) is 12.1 Å². The van der Waals surface area contributed by atoms with Crippen LogP contribution in [-0.2, 0) is 12.8 Å². The van der Waals surface area contributed by atoms with Gasteiger partial charge in [0, 0.05) is 17.3 Å². The second-order valence-electron chi connectivity index (χ2n) is 5.88. The maximum Gasteiger partial charge on any atom is 0.128 e. The molecule has 0 saturated heterocycles. The van der Waals surface area contributed by atoms with E-state index < -0.39 is 0 Å². The van der Waals surface area contributed by atoms with Crippen LogP contribution in [0.5, 0.6) is 11.5 Å². The Kier molecular flexibility index (Phi) is 2.99. The quantitative estimate of drug-likeness (QED) is 0.879. The van der Waals surface area contributed by atoms with Crippen molar-refractivity contribution in [1.29, 1.82) is 0 Å². The van der Waals surface area contributed by atoms with E-state index in [9.17, 15) is 5.11 Å². The van der Waals surface area contributed by atoms with Gasteiger partial charge in [-0.05, 0) is 55.0 Å². The summed E-state index contributed by atoms with van der Waals surface area (Å²) in [6.45, 7) is 0.614. The minimum atomic E-state index is 0.161.